The Morgan fingerprint density at radius 1 is 0.706 bits per heavy atom. The molecule has 34 heavy (non-hydrogen) atoms. The number of quaternary nitrogens is 1. The smallest absolute Gasteiger partial charge is 0.226 e. The van der Waals surface area contributed by atoms with E-state index < -0.39 is 0 Å². The molecule has 0 aromatic rings. The van der Waals surface area contributed by atoms with Crippen LogP contribution in [0.15, 0.2) is 0 Å². The molecule has 202 valence electrons. The van der Waals surface area contributed by atoms with Gasteiger partial charge in [-0.3, -0.25) is 9.69 Å². The molecule has 0 spiro atoms. The molecule has 1 amide bonds. The van der Waals surface area contributed by atoms with Gasteiger partial charge in [0.1, 0.15) is 13.1 Å². The van der Waals surface area contributed by atoms with Gasteiger partial charge in [0, 0.05) is 13.0 Å². The average molecular weight is 501 g/mol. The Hall–Kier alpha value is -0.320. The molecule has 2 aliphatic rings. The highest BCUT2D eigenvalue weighted by molar-refractivity contribution is 5.76. The van der Waals surface area contributed by atoms with Crippen molar-refractivity contribution in [1.29, 1.82) is 0 Å². The molecule has 2 heterocycles. The third kappa shape index (κ3) is 14.3. The fourth-order valence-electron chi connectivity index (χ4n) is 5.71. The van der Waals surface area contributed by atoms with Crippen molar-refractivity contribution in [3.63, 3.8) is 0 Å². The van der Waals surface area contributed by atoms with Gasteiger partial charge in [0.15, 0.2) is 6.67 Å². The molecule has 0 atom stereocenters. The first-order valence-corrected chi connectivity index (χ1v) is 15.0. The number of morpholine rings is 1. The van der Waals surface area contributed by atoms with Gasteiger partial charge in [-0.25, -0.2) is 0 Å². The maximum Gasteiger partial charge on any atom is 0.226 e. The number of likely N-dealkylation sites (tertiary alicyclic amines) is 1. The number of ether oxygens (including phenoxy) is 1. The second-order valence-corrected chi connectivity index (χ2v) is 11.0. The van der Waals surface area contributed by atoms with Crippen molar-refractivity contribution >= 4 is 5.91 Å². The predicted molar refractivity (Wildman–Crippen MR) is 140 cm³/mol. The van der Waals surface area contributed by atoms with Crippen LogP contribution >= 0.6 is 0 Å². The Balaban J connectivity index is 0.00000578. The number of halogens is 1. The van der Waals surface area contributed by atoms with Gasteiger partial charge in [-0.05, 0) is 25.7 Å². The SMILES string of the molecule is CCCCCCCCCCCCCCCCCC[N+]1(CN2CCCCCC2=O)CCOCC1.[Cl-]. The van der Waals surface area contributed by atoms with Gasteiger partial charge in [-0.1, -0.05) is 103 Å². The molecule has 0 aliphatic carbocycles. The standard InChI is InChI=1S/C29H57N2O2.ClH/c1-2-3-4-5-6-7-8-9-10-11-12-13-14-15-16-20-23-31(24-26-33-27-25-31)28-30-22-19-17-18-21-29(30)32;/h2-28H2,1H3;1H/q+1;/p-1. The minimum absolute atomic E-state index is 0. The average Bonchev–Trinajstić information content (AvgIpc) is 3.03. The van der Waals surface area contributed by atoms with Crippen LogP contribution in [0, 0.1) is 0 Å². The molecule has 0 aromatic heterocycles. The molecule has 0 aromatic carbocycles. The fraction of sp³-hybridized carbons (Fsp3) is 0.966. The molecule has 2 saturated heterocycles. The molecule has 2 aliphatic heterocycles. The monoisotopic (exact) mass is 500 g/mol. The van der Waals surface area contributed by atoms with E-state index >= 15 is 0 Å². The van der Waals surface area contributed by atoms with Crippen LogP contribution in [0.4, 0.5) is 0 Å². The van der Waals surface area contributed by atoms with E-state index in [9.17, 15) is 4.79 Å². The summed E-state index contributed by atoms with van der Waals surface area (Å²) in [6.07, 6.45) is 27.0. The van der Waals surface area contributed by atoms with Gasteiger partial charge >= 0.3 is 0 Å². The molecule has 0 unspecified atom stereocenters. The number of carbonyl (C=O) groups excluding carboxylic acids is 1. The van der Waals surface area contributed by atoms with Crippen molar-refractivity contribution in [2.75, 3.05) is 46.1 Å². The summed E-state index contributed by atoms with van der Waals surface area (Å²) in [5, 5.41) is 0. The van der Waals surface area contributed by atoms with E-state index in [0.29, 0.717) is 5.91 Å². The fourth-order valence-corrected chi connectivity index (χ4v) is 5.71. The molecular weight excluding hydrogens is 444 g/mol. The van der Waals surface area contributed by atoms with Gasteiger partial charge in [0.05, 0.1) is 19.8 Å². The van der Waals surface area contributed by atoms with Gasteiger partial charge in [0.2, 0.25) is 5.91 Å². The highest BCUT2D eigenvalue weighted by Crippen LogP contribution is 2.20. The summed E-state index contributed by atoms with van der Waals surface area (Å²) in [5.41, 5.74) is 0. The lowest BCUT2D eigenvalue weighted by molar-refractivity contribution is -0.943. The number of unbranched alkanes of at least 4 members (excludes halogenated alkanes) is 15. The zero-order valence-corrected chi connectivity index (χ0v) is 23.4. The molecule has 0 N–H and O–H groups in total. The quantitative estimate of drug-likeness (QED) is 0.193. The van der Waals surface area contributed by atoms with Crippen LogP contribution in [0.2, 0.25) is 0 Å². The summed E-state index contributed by atoms with van der Waals surface area (Å²) in [7, 11) is 0. The van der Waals surface area contributed by atoms with Gasteiger partial charge in [-0.2, -0.15) is 0 Å². The van der Waals surface area contributed by atoms with Crippen LogP contribution in [-0.2, 0) is 9.53 Å². The van der Waals surface area contributed by atoms with Crippen LogP contribution in [0.3, 0.4) is 0 Å². The topological polar surface area (TPSA) is 29.5 Å². The Labute approximate surface area is 218 Å². The van der Waals surface area contributed by atoms with Crippen LogP contribution < -0.4 is 12.4 Å². The predicted octanol–water partition coefficient (Wildman–Crippen LogP) is 4.46. The Bertz CT molecular complexity index is 483. The van der Waals surface area contributed by atoms with E-state index in [4.69, 9.17) is 4.74 Å². The number of carbonyl (C=O) groups is 1. The first-order valence-electron chi connectivity index (χ1n) is 15.0. The lowest BCUT2D eigenvalue weighted by Gasteiger charge is -2.44. The third-order valence-corrected chi connectivity index (χ3v) is 8.05. The molecule has 0 saturated carbocycles. The lowest BCUT2D eigenvalue weighted by Crippen LogP contribution is -3.00. The number of hydrogen-bond donors (Lipinski definition) is 0. The molecule has 4 nitrogen and oxygen atoms in total. The van der Waals surface area contributed by atoms with Crippen LogP contribution in [0.1, 0.15) is 135 Å². The first-order chi connectivity index (χ1) is 16.3. The zero-order valence-electron chi connectivity index (χ0n) is 22.7. The summed E-state index contributed by atoms with van der Waals surface area (Å²) in [6.45, 7) is 9.32. The summed E-state index contributed by atoms with van der Waals surface area (Å²) < 4.78 is 6.77. The largest absolute Gasteiger partial charge is 1.00 e. The summed E-state index contributed by atoms with van der Waals surface area (Å²) in [5.74, 6) is 0.392. The van der Waals surface area contributed by atoms with E-state index in [1.165, 1.54) is 122 Å². The second kappa shape index (κ2) is 20.8. The van der Waals surface area contributed by atoms with E-state index in [1.807, 2.05) is 0 Å². The van der Waals surface area contributed by atoms with E-state index in [0.717, 1.165) is 56.8 Å². The maximum absolute atomic E-state index is 12.5. The van der Waals surface area contributed by atoms with Crippen molar-refractivity contribution < 1.29 is 26.4 Å². The molecule has 5 heteroatoms. The molecule has 0 radical (unpaired) electrons. The third-order valence-electron chi connectivity index (χ3n) is 8.05. The molecule has 0 bridgehead atoms. The summed E-state index contributed by atoms with van der Waals surface area (Å²) in [6, 6.07) is 0. The minimum Gasteiger partial charge on any atom is -1.00 e. The van der Waals surface area contributed by atoms with Gasteiger partial charge in [-0.15, -0.1) is 0 Å². The Kier molecular flexibility index (Phi) is 19.4. The van der Waals surface area contributed by atoms with Crippen molar-refractivity contribution in [1.82, 2.24) is 4.90 Å². The van der Waals surface area contributed by atoms with Crippen molar-refractivity contribution in [2.45, 2.75) is 135 Å². The molecule has 2 rings (SSSR count). The zero-order chi connectivity index (χ0) is 23.5. The normalized spacial score (nSPS) is 18.5. The van der Waals surface area contributed by atoms with Crippen molar-refractivity contribution in [2.24, 2.45) is 0 Å². The highest BCUT2D eigenvalue weighted by atomic mass is 35.5. The summed E-state index contributed by atoms with van der Waals surface area (Å²) >= 11 is 0. The maximum atomic E-state index is 12.5. The number of hydrogen-bond acceptors (Lipinski definition) is 2. The first kappa shape index (κ1) is 31.7. The van der Waals surface area contributed by atoms with E-state index in [1.54, 1.807) is 0 Å². The van der Waals surface area contributed by atoms with E-state index in [2.05, 4.69) is 11.8 Å². The lowest BCUT2D eigenvalue weighted by atomic mass is 10.0. The number of nitrogens with zero attached hydrogens (tertiary/aromatic N) is 2. The van der Waals surface area contributed by atoms with Crippen molar-refractivity contribution in [3.05, 3.63) is 0 Å². The van der Waals surface area contributed by atoms with Gasteiger partial charge < -0.3 is 21.6 Å². The van der Waals surface area contributed by atoms with Crippen LogP contribution in [-0.4, -0.2) is 61.4 Å². The highest BCUT2D eigenvalue weighted by Gasteiger charge is 2.34. The van der Waals surface area contributed by atoms with Crippen LogP contribution in [0.25, 0.3) is 0 Å². The minimum atomic E-state index is 0. The number of rotatable bonds is 19. The van der Waals surface area contributed by atoms with Crippen LogP contribution in [0.5, 0.6) is 0 Å². The molecule has 2 fully saturated rings. The second-order valence-electron chi connectivity index (χ2n) is 11.0. The Morgan fingerprint density at radius 3 is 1.74 bits per heavy atom. The summed E-state index contributed by atoms with van der Waals surface area (Å²) in [4.78, 5) is 14.7. The Morgan fingerprint density at radius 2 is 1.21 bits per heavy atom. The van der Waals surface area contributed by atoms with E-state index in [-0.39, 0.29) is 12.4 Å². The number of amides is 1. The van der Waals surface area contributed by atoms with Crippen molar-refractivity contribution in [3.8, 4) is 0 Å². The molecular formula is C29H57ClN2O2. The van der Waals surface area contributed by atoms with Gasteiger partial charge in [0.25, 0.3) is 0 Å².